The van der Waals surface area contributed by atoms with Gasteiger partial charge in [0, 0.05) is 6.04 Å². The van der Waals surface area contributed by atoms with Crippen LogP contribution in [0.3, 0.4) is 0 Å². The fraction of sp³-hybridized carbons (Fsp3) is 0.875. The maximum absolute atomic E-state index is 11.7. The number of ether oxygens (including phenoxy) is 1. The molecule has 1 aliphatic rings. The van der Waals surface area contributed by atoms with Gasteiger partial charge in [-0.15, -0.1) is 0 Å². The molecule has 0 amide bonds. The van der Waals surface area contributed by atoms with Crippen LogP contribution in [0.25, 0.3) is 0 Å². The highest BCUT2D eigenvalue weighted by Crippen LogP contribution is 2.43. The Kier molecular flexibility index (Phi) is 6.38. The topological polar surface area (TPSA) is 95.9 Å². The summed E-state index contributed by atoms with van der Waals surface area (Å²) in [5.74, 6) is -1.32. The van der Waals surface area contributed by atoms with Crippen LogP contribution in [0.5, 0.6) is 0 Å². The molecule has 3 unspecified atom stereocenters. The van der Waals surface area contributed by atoms with E-state index >= 15 is 0 Å². The number of hydrogen-bond donors (Lipinski definition) is 3. The van der Waals surface area contributed by atoms with Crippen LogP contribution < -0.4 is 5.32 Å². The second-order valence-corrected chi connectivity index (χ2v) is 7.18. The number of unbranched alkanes of at least 4 members (excludes halogenated alkanes) is 1. The molecular formula is C16H29NO5. The summed E-state index contributed by atoms with van der Waals surface area (Å²) in [6, 6.07) is -0.185. The fourth-order valence-corrected chi connectivity index (χ4v) is 3.01. The molecule has 0 aliphatic heterocycles. The second-order valence-electron chi connectivity index (χ2n) is 7.18. The molecule has 1 fully saturated rings. The Morgan fingerprint density at radius 2 is 2.00 bits per heavy atom. The van der Waals surface area contributed by atoms with Gasteiger partial charge in [0.05, 0.1) is 18.1 Å². The minimum absolute atomic E-state index is 0.0259. The molecule has 1 saturated carbocycles. The minimum Gasteiger partial charge on any atom is -0.481 e. The van der Waals surface area contributed by atoms with Crippen LogP contribution in [0.2, 0.25) is 0 Å². The van der Waals surface area contributed by atoms with E-state index in [0.29, 0.717) is 19.3 Å². The molecule has 3 atom stereocenters. The van der Waals surface area contributed by atoms with E-state index in [9.17, 15) is 19.8 Å². The molecule has 0 aromatic rings. The molecule has 128 valence electrons. The largest absolute Gasteiger partial charge is 0.481 e. The number of carbonyl (C=O) groups excluding carboxylic acids is 1. The summed E-state index contributed by atoms with van der Waals surface area (Å²) < 4.78 is 5.21. The van der Waals surface area contributed by atoms with Gasteiger partial charge in [0.15, 0.2) is 0 Å². The first kappa shape index (κ1) is 18.9. The first-order valence-electron chi connectivity index (χ1n) is 7.97. The third kappa shape index (κ3) is 4.95. The number of aliphatic hydroxyl groups is 1. The van der Waals surface area contributed by atoms with Gasteiger partial charge in [-0.1, -0.05) is 19.8 Å². The number of aliphatic carboxylic acids is 1. The van der Waals surface area contributed by atoms with E-state index in [2.05, 4.69) is 5.32 Å². The van der Waals surface area contributed by atoms with Crippen molar-refractivity contribution in [3.63, 3.8) is 0 Å². The minimum atomic E-state index is -1.10. The fourth-order valence-electron chi connectivity index (χ4n) is 3.01. The molecule has 0 saturated heterocycles. The molecular weight excluding hydrogens is 286 g/mol. The van der Waals surface area contributed by atoms with Gasteiger partial charge < -0.3 is 20.3 Å². The lowest BCUT2D eigenvalue weighted by Crippen LogP contribution is -2.39. The van der Waals surface area contributed by atoms with Gasteiger partial charge in [-0.05, 0) is 40.0 Å². The lowest BCUT2D eigenvalue weighted by atomic mass is 9.79. The third-order valence-corrected chi connectivity index (χ3v) is 4.11. The average molecular weight is 315 g/mol. The van der Waals surface area contributed by atoms with Crippen molar-refractivity contribution in [3.05, 3.63) is 0 Å². The number of aliphatic hydroxyl groups excluding tert-OH is 1. The monoisotopic (exact) mass is 315 g/mol. The van der Waals surface area contributed by atoms with Crippen molar-refractivity contribution in [2.45, 2.75) is 77.5 Å². The Balaban J connectivity index is 2.58. The van der Waals surface area contributed by atoms with Crippen molar-refractivity contribution in [2.75, 3.05) is 6.54 Å². The van der Waals surface area contributed by atoms with E-state index in [1.807, 2.05) is 6.92 Å². The van der Waals surface area contributed by atoms with Gasteiger partial charge in [0.2, 0.25) is 0 Å². The molecule has 0 spiro atoms. The van der Waals surface area contributed by atoms with Crippen LogP contribution >= 0.6 is 0 Å². The maximum Gasteiger partial charge on any atom is 0.320 e. The number of carboxylic acid groups (broad SMARTS) is 1. The molecule has 22 heavy (non-hydrogen) atoms. The Morgan fingerprint density at radius 1 is 1.36 bits per heavy atom. The normalized spacial score (nSPS) is 28.6. The summed E-state index contributed by atoms with van der Waals surface area (Å²) in [6.07, 6.45) is 1.92. The predicted octanol–water partition coefficient (Wildman–Crippen LogP) is 1.70. The van der Waals surface area contributed by atoms with Crippen molar-refractivity contribution in [1.82, 2.24) is 5.32 Å². The zero-order valence-electron chi connectivity index (χ0n) is 14.0. The zero-order valence-corrected chi connectivity index (χ0v) is 14.0. The van der Waals surface area contributed by atoms with E-state index in [-0.39, 0.29) is 18.6 Å². The Bertz CT molecular complexity index is 404. The Morgan fingerprint density at radius 3 is 2.50 bits per heavy atom. The highest BCUT2D eigenvalue weighted by atomic mass is 16.6. The number of carboxylic acids is 1. The molecule has 0 aromatic heterocycles. The van der Waals surface area contributed by atoms with Crippen LogP contribution in [0.1, 0.15) is 59.8 Å². The third-order valence-electron chi connectivity index (χ3n) is 4.11. The van der Waals surface area contributed by atoms with Crippen LogP contribution in [-0.4, -0.2) is 46.4 Å². The molecule has 3 N–H and O–H groups in total. The zero-order chi connectivity index (χ0) is 17.0. The highest BCUT2D eigenvalue weighted by molar-refractivity contribution is 5.76. The van der Waals surface area contributed by atoms with Gasteiger partial charge in [-0.3, -0.25) is 9.59 Å². The van der Waals surface area contributed by atoms with E-state index < -0.39 is 23.1 Å². The summed E-state index contributed by atoms with van der Waals surface area (Å²) in [6.45, 7) is 7.41. The summed E-state index contributed by atoms with van der Waals surface area (Å²) in [4.78, 5) is 23.3. The standard InChI is InChI=1S/C16H29NO5/c1-5-6-7-16(14(20)21)9-11(8-12(16)18)17-10-13(19)22-15(2,3)4/h11-12,17-18H,5-10H2,1-4H3,(H,20,21). The van der Waals surface area contributed by atoms with Gasteiger partial charge in [0.25, 0.3) is 0 Å². The predicted molar refractivity (Wildman–Crippen MR) is 82.5 cm³/mol. The van der Waals surface area contributed by atoms with E-state index in [1.54, 1.807) is 20.8 Å². The first-order chi connectivity index (χ1) is 10.1. The maximum atomic E-state index is 11.7. The van der Waals surface area contributed by atoms with Crippen molar-refractivity contribution in [1.29, 1.82) is 0 Å². The van der Waals surface area contributed by atoms with E-state index in [4.69, 9.17) is 4.74 Å². The molecule has 6 nitrogen and oxygen atoms in total. The number of carbonyl (C=O) groups is 2. The highest BCUT2D eigenvalue weighted by Gasteiger charge is 2.51. The quantitative estimate of drug-likeness (QED) is 0.619. The van der Waals surface area contributed by atoms with Crippen LogP contribution in [0, 0.1) is 5.41 Å². The van der Waals surface area contributed by atoms with E-state index in [1.165, 1.54) is 0 Å². The van der Waals surface area contributed by atoms with Gasteiger partial charge in [-0.2, -0.15) is 0 Å². The van der Waals surface area contributed by atoms with Crippen molar-refractivity contribution < 1.29 is 24.5 Å². The Hall–Kier alpha value is -1.14. The lowest BCUT2D eigenvalue weighted by Gasteiger charge is -2.27. The summed E-state index contributed by atoms with van der Waals surface area (Å²) in [7, 11) is 0. The van der Waals surface area contributed by atoms with Gasteiger partial charge in [-0.25, -0.2) is 0 Å². The molecule has 0 bridgehead atoms. The summed E-state index contributed by atoms with van der Waals surface area (Å²) in [5.41, 5.74) is -1.64. The molecule has 1 aliphatic carbocycles. The second kappa shape index (κ2) is 7.42. The molecule has 1 rings (SSSR count). The number of rotatable bonds is 7. The summed E-state index contributed by atoms with van der Waals surface area (Å²) in [5, 5.41) is 22.8. The molecule has 6 heteroatoms. The van der Waals surface area contributed by atoms with Gasteiger partial charge >= 0.3 is 11.9 Å². The van der Waals surface area contributed by atoms with Crippen LogP contribution in [0.4, 0.5) is 0 Å². The number of esters is 1. The van der Waals surface area contributed by atoms with Crippen molar-refractivity contribution in [2.24, 2.45) is 5.41 Å². The average Bonchev–Trinajstić information content (AvgIpc) is 2.70. The smallest absolute Gasteiger partial charge is 0.320 e. The van der Waals surface area contributed by atoms with Crippen LogP contribution in [-0.2, 0) is 14.3 Å². The molecule has 0 aromatic carbocycles. The van der Waals surface area contributed by atoms with Crippen molar-refractivity contribution in [3.8, 4) is 0 Å². The molecule has 0 heterocycles. The van der Waals surface area contributed by atoms with E-state index in [0.717, 1.165) is 12.8 Å². The van der Waals surface area contributed by atoms with Crippen molar-refractivity contribution >= 4 is 11.9 Å². The number of nitrogens with one attached hydrogen (secondary N) is 1. The number of hydrogen-bond acceptors (Lipinski definition) is 5. The van der Waals surface area contributed by atoms with Gasteiger partial charge in [0.1, 0.15) is 5.60 Å². The van der Waals surface area contributed by atoms with Crippen LogP contribution in [0.15, 0.2) is 0 Å². The summed E-state index contributed by atoms with van der Waals surface area (Å²) >= 11 is 0. The lowest BCUT2D eigenvalue weighted by molar-refractivity contribution is -0.155. The first-order valence-corrected chi connectivity index (χ1v) is 7.97. The molecule has 0 radical (unpaired) electrons. The SMILES string of the molecule is CCCCC1(C(=O)O)CC(NCC(=O)OC(C)(C)C)CC1O. The Labute approximate surface area is 132 Å².